The van der Waals surface area contributed by atoms with Crippen LogP contribution in [-0.2, 0) is 19.1 Å². The fourth-order valence-corrected chi connectivity index (χ4v) is 3.29. The molecule has 132 valence electrons. The zero-order valence-electron chi connectivity index (χ0n) is 14.3. The van der Waals surface area contributed by atoms with Gasteiger partial charge in [-0.1, -0.05) is 0 Å². The van der Waals surface area contributed by atoms with Crippen molar-refractivity contribution in [1.82, 2.24) is 15.1 Å². The summed E-state index contributed by atoms with van der Waals surface area (Å²) in [5.41, 5.74) is 0. The Morgan fingerprint density at radius 3 is 2.48 bits per heavy atom. The van der Waals surface area contributed by atoms with Crippen LogP contribution in [0.4, 0.5) is 0 Å². The van der Waals surface area contributed by atoms with Gasteiger partial charge in [0.15, 0.2) is 0 Å². The molecule has 0 aromatic heterocycles. The monoisotopic (exact) mass is 327 g/mol. The van der Waals surface area contributed by atoms with Gasteiger partial charge in [0.2, 0.25) is 0 Å². The Hall–Kier alpha value is -1.18. The lowest BCUT2D eigenvalue weighted by atomic mass is 9.99. The zero-order valence-corrected chi connectivity index (χ0v) is 14.3. The molecule has 0 radical (unpaired) electrons. The smallest absolute Gasteiger partial charge is 0.302 e. The van der Waals surface area contributed by atoms with Crippen LogP contribution in [0, 0.1) is 0 Å². The third-order valence-corrected chi connectivity index (χ3v) is 4.51. The van der Waals surface area contributed by atoms with Gasteiger partial charge in [-0.25, -0.2) is 0 Å². The van der Waals surface area contributed by atoms with E-state index < -0.39 is 0 Å². The summed E-state index contributed by atoms with van der Waals surface area (Å²) in [7, 11) is 0. The molecular weight excluding hydrogens is 298 g/mol. The second-order valence-electron chi connectivity index (χ2n) is 6.34. The van der Waals surface area contributed by atoms with Gasteiger partial charge in [-0.2, -0.15) is 0 Å². The maximum atomic E-state index is 11.2. The van der Waals surface area contributed by atoms with Gasteiger partial charge in [0, 0.05) is 72.1 Å². The number of piperazine rings is 1. The topological polar surface area (TPSA) is 71.1 Å². The molecule has 0 saturated carbocycles. The second-order valence-corrected chi connectivity index (χ2v) is 6.34. The van der Waals surface area contributed by atoms with Gasteiger partial charge in [0.25, 0.3) is 0 Å². The van der Waals surface area contributed by atoms with E-state index in [1.54, 1.807) is 0 Å². The summed E-state index contributed by atoms with van der Waals surface area (Å²) in [5.74, 6) is -0.503. The van der Waals surface area contributed by atoms with E-state index in [4.69, 9.17) is 9.47 Å². The van der Waals surface area contributed by atoms with E-state index in [1.807, 2.05) is 0 Å². The van der Waals surface area contributed by atoms with Crippen molar-refractivity contribution >= 4 is 11.9 Å². The SMILES string of the molecule is CC(=O)OCC1CC(OC(C)=O)CCN1CCN1CCNCC1. The summed E-state index contributed by atoms with van der Waals surface area (Å²) in [6.45, 7) is 10.4. The van der Waals surface area contributed by atoms with Crippen LogP contribution in [-0.4, -0.2) is 86.3 Å². The lowest BCUT2D eigenvalue weighted by Gasteiger charge is -2.40. The predicted molar refractivity (Wildman–Crippen MR) is 86.1 cm³/mol. The van der Waals surface area contributed by atoms with Crippen LogP contribution in [0.15, 0.2) is 0 Å². The van der Waals surface area contributed by atoms with E-state index in [1.165, 1.54) is 13.8 Å². The number of ether oxygens (including phenoxy) is 2. The van der Waals surface area contributed by atoms with Crippen molar-refractivity contribution in [3.8, 4) is 0 Å². The van der Waals surface area contributed by atoms with Gasteiger partial charge in [0.1, 0.15) is 12.7 Å². The normalized spacial score (nSPS) is 26.7. The predicted octanol–water partition coefficient (Wildman–Crippen LogP) is -0.149. The fraction of sp³-hybridized carbons (Fsp3) is 0.875. The van der Waals surface area contributed by atoms with Crippen LogP contribution in [0.1, 0.15) is 26.7 Å². The highest BCUT2D eigenvalue weighted by molar-refractivity contribution is 5.66. The molecule has 1 N–H and O–H groups in total. The first kappa shape index (κ1) is 18.2. The molecule has 2 rings (SSSR count). The third-order valence-electron chi connectivity index (χ3n) is 4.51. The first-order chi connectivity index (χ1) is 11.0. The van der Waals surface area contributed by atoms with Crippen LogP contribution in [0.3, 0.4) is 0 Å². The standard InChI is InChI=1S/C16H29N3O4/c1-13(20)22-12-15-11-16(23-14(2)21)3-6-19(15)10-9-18-7-4-17-5-8-18/h15-17H,3-12H2,1-2H3. The fourth-order valence-electron chi connectivity index (χ4n) is 3.29. The summed E-state index contributed by atoms with van der Waals surface area (Å²) < 4.78 is 10.6. The van der Waals surface area contributed by atoms with Crippen molar-refractivity contribution in [2.45, 2.75) is 38.8 Å². The first-order valence-corrected chi connectivity index (χ1v) is 8.52. The Morgan fingerprint density at radius 1 is 1.09 bits per heavy atom. The van der Waals surface area contributed by atoms with Crippen molar-refractivity contribution in [2.75, 3.05) is 52.4 Å². The van der Waals surface area contributed by atoms with E-state index in [-0.39, 0.29) is 24.1 Å². The number of nitrogens with zero attached hydrogens (tertiary/aromatic N) is 2. The molecule has 7 heteroatoms. The lowest BCUT2D eigenvalue weighted by molar-refractivity contribution is -0.153. The van der Waals surface area contributed by atoms with Crippen molar-refractivity contribution in [3.63, 3.8) is 0 Å². The molecule has 2 saturated heterocycles. The van der Waals surface area contributed by atoms with Gasteiger partial charge in [0.05, 0.1) is 0 Å². The van der Waals surface area contributed by atoms with Crippen LogP contribution in [0.2, 0.25) is 0 Å². The van der Waals surface area contributed by atoms with Crippen molar-refractivity contribution in [1.29, 1.82) is 0 Å². The molecule has 2 atom stereocenters. The minimum Gasteiger partial charge on any atom is -0.464 e. The molecule has 23 heavy (non-hydrogen) atoms. The quantitative estimate of drug-likeness (QED) is 0.680. The molecule has 0 amide bonds. The molecule has 2 unspecified atom stereocenters. The maximum absolute atomic E-state index is 11.2. The first-order valence-electron chi connectivity index (χ1n) is 8.52. The van der Waals surface area contributed by atoms with Crippen molar-refractivity contribution in [2.24, 2.45) is 0 Å². The molecule has 7 nitrogen and oxygen atoms in total. The van der Waals surface area contributed by atoms with Crippen LogP contribution in [0.5, 0.6) is 0 Å². The summed E-state index contributed by atoms with van der Waals surface area (Å²) in [6.07, 6.45) is 1.51. The number of carbonyl (C=O) groups excluding carboxylic acids is 2. The van der Waals surface area contributed by atoms with Crippen LogP contribution >= 0.6 is 0 Å². The van der Waals surface area contributed by atoms with Crippen molar-refractivity contribution in [3.05, 3.63) is 0 Å². The molecule has 0 aromatic carbocycles. The van der Waals surface area contributed by atoms with E-state index in [2.05, 4.69) is 15.1 Å². The lowest BCUT2D eigenvalue weighted by Crippen LogP contribution is -2.52. The van der Waals surface area contributed by atoms with E-state index >= 15 is 0 Å². The average molecular weight is 327 g/mol. The zero-order chi connectivity index (χ0) is 16.7. The van der Waals surface area contributed by atoms with Gasteiger partial charge in [-0.3, -0.25) is 19.4 Å². The molecule has 0 bridgehead atoms. The molecule has 2 heterocycles. The summed E-state index contributed by atoms with van der Waals surface area (Å²) in [6, 6.07) is 0.125. The molecule has 2 aliphatic heterocycles. The van der Waals surface area contributed by atoms with Gasteiger partial charge >= 0.3 is 11.9 Å². The number of hydrogen-bond acceptors (Lipinski definition) is 7. The summed E-state index contributed by atoms with van der Waals surface area (Å²) in [4.78, 5) is 27.1. The maximum Gasteiger partial charge on any atom is 0.302 e. The van der Waals surface area contributed by atoms with E-state index in [0.29, 0.717) is 6.61 Å². The number of esters is 2. The van der Waals surface area contributed by atoms with Crippen molar-refractivity contribution < 1.29 is 19.1 Å². The highest BCUT2D eigenvalue weighted by Crippen LogP contribution is 2.21. The highest BCUT2D eigenvalue weighted by Gasteiger charge is 2.31. The van der Waals surface area contributed by atoms with E-state index in [9.17, 15) is 9.59 Å². The minimum atomic E-state index is -0.262. The largest absolute Gasteiger partial charge is 0.464 e. The van der Waals surface area contributed by atoms with E-state index in [0.717, 1.165) is 58.7 Å². The third kappa shape index (κ3) is 6.45. The summed E-state index contributed by atoms with van der Waals surface area (Å²) in [5, 5.41) is 3.36. The molecule has 0 spiro atoms. The second kappa shape index (κ2) is 9.20. The minimum absolute atomic E-state index is 0.0662. The van der Waals surface area contributed by atoms with Gasteiger partial charge in [-0.15, -0.1) is 0 Å². The average Bonchev–Trinajstić information content (AvgIpc) is 2.52. The molecule has 0 aromatic rings. The molecular formula is C16H29N3O4. The molecule has 2 fully saturated rings. The Bertz CT molecular complexity index is 399. The molecule has 0 aliphatic carbocycles. The Labute approximate surface area is 138 Å². The number of hydrogen-bond donors (Lipinski definition) is 1. The van der Waals surface area contributed by atoms with Gasteiger partial charge in [-0.05, 0) is 6.42 Å². The Morgan fingerprint density at radius 2 is 1.83 bits per heavy atom. The van der Waals surface area contributed by atoms with Crippen LogP contribution in [0.25, 0.3) is 0 Å². The van der Waals surface area contributed by atoms with Crippen LogP contribution < -0.4 is 5.32 Å². The Kier molecular flexibility index (Phi) is 7.26. The number of nitrogens with one attached hydrogen (secondary N) is 1. The highest BCUT2D eigenvalue weighted by atomic mass is 16.5. The number of carbonyl (C=O) groups is 2. The summed E-state index contributed by atoms with van der Waals surface area (Å²) >= 11 is 0. The Balaban J connectivity index is 1.84. The van der Waals surface area contributed by atoms with Gasteiger partial charge < -0.3 is 14.8 Å². The number of piperidine rings is 1. The number of likely N-dealkylation sites (tertiary alicyclic amines) is 1. The number of rotatable bonds is 6. The molecule has 2 aliphatic rings.